The molecule has 0 bridgehead atoms. The predicted octanol–water partition coefficient (Wildman–Crippen LogP) is 1.19. The zero-order valence-electron chi connectivity index (χ0n) is 13.0. The monoisotopic (exact) mass is 312 g/mol. The van der Waals surface area contributed by atoms with Gasteiger partial charge in [-0.05, 0) is 25.5 Å². The van der Waals surface area contributed by atoms with Crippen molar-refractivity contribution in [2.75, 3.05) is 5.43 Å². The zero-order chi connectivity index (χ0) is 16.7. The van der Waals surface area contributed by atoms with E-state index in [2.05, 4.69) is 10.5 Å². The van der Waals surface area contributed by atoms with E-state index in [-0.39, 0.29) is 11.5 Å². The largest absolute Gasteiger partial charge is 0.290 e. The first-order valence-electron chi connectivity index (χ1n) is 7.11. The van der Waals surface area contributed by atoms with E-state index in [1.54, 1.807) is 6.92 Å². The smallest absolute Gasteiger partial charge is 0.280 e. The number of carbonyl (C=O) groups excluding carboxylic acids is 1. The second-order valence-corrected chi connectivity index (χ2v) is 5.40. The number of hydrogen-bond donors (Lipinski definition) is 2. The molecule has 1 amide bonds. The van der Waals surface area contributed by atoms with E-state index < -0.39 is 5.56 Å². The molecule has 1 aromatic carbocycles. The summed E-state index contributed by atoms with van der Waals surface area (Å²) in [5.41, 5.74) is 4.20. The molecule has 7 heteroatoms. The van der Waals surface area contributed by atoms with Crippen LogP contribution in [-0.4, -0.2) is 20.4 Å². The Kier molecular flexibility index (Phi) is 3.40. The molecule has 2 heterocycles. The summed E-state index contributed by atoms with van der Waals surface area (Å²) < 4.78 is 2.49. The summed E-state index contributed by atoms with van der Waals surface area (Å²) in [5, 5.41) is 3.32. The highest BCUT2D eigenvalue weighted by Crippen LogP contribution is 2.15. The summed E-state index contributed by atoms with van der Waals surface area (Å²) in [6.07, 6.45) is 0. The number of H-pyrrole nitrogens is 1. The Morgan fingerprint density at radius 3 is 2.52 bits per heavy atom. The first-order chi connectivity index (χ1) is 10.9. The number of nitrogens with zero attached hydrogens (tertiary/aromatic N) is 2. The summed E-state index contributed by atoms with van der Waals surface area (Å²) in [6, 6.07) is 8.74. The van der Waals surface area contributed by atoms with Crippen LogP contribution in [0.1, 0.15) is 18.2 Å². The normalized spacial score (nSPS) is 10.9. The fourth-order valence-corrected chi connectivity index (χ4v) is 2.65. The van der Waals surface area contributed by atoms with Gasteiger partial charge in [-0.2, -0.15) is 0 Å². The Labute approximate surface area is 131 Å². The van der Waals surface area contributed by atoms with Crippen LogP contribution >= 0.6 is 0 Å². The predicted molar refractivity (Wildman–Crippen MR) is 87.7 cm³/mol. The van der Waals surface area contributed by atoms with E-state index in [0.29, 0.717) is 22.3 Å². The first kappa shape index (κ1) is 14.8. The van der Waals surface area contributed by atoms with Gasteiger partial charge >= 0.3 is 0 Å². The molecule has 3 aromatic rings. The quantitative estimate of drug-likeness (QED) is 0.745. The van der Waals surface area contributed by atoms with Crippen LogP contribution in [0.4, 0.5) is 0 Å². The number of amides is 1. The highest BCUT2D eigenvalue weighted by molar-refractivity contribution is 5.84. The molecule has 23 heavy (non-hydrogen) atoms. The molecule has 0 saturated carbocycles. The van der Waals surface area contributed by atoms with Crippen molar-refractivity contribution in [2.45, 2.75) is 20.8 Å². The van der Waals surface area contributed by atoms with Crippen molar-refractivity contribution < 1.29 is 4.79 Å². The molecule has 0 fully saturated rings. The van der Waals surface area contributed by atoms with Gasteiger partial charge in [0.1, 0.15) is 0 Å². The number of rotatable bonds is 2. The van der Waals surface area contributed by atoms with E-state index in [1.807, 2.05) is 31.2 Å². The van der Waals surface area contributed by atoms with E-state index in [9.17, 15) is 14.4 Å². The van der Waals surface area contributed by atoms with Crippen molar-refractivity contribution in [1.29, 1.82) is 0 Å². The number of aromatic amines is 1. The fourth-order valence-electron chi connectivity index (χ4n) is 2.65. The van der Waals surface area contributed by atoms with Crippen molar-refractivity contribution in [3.05, 3.63) is 62.3 Å². The molecule has 2 aromatic heterocycles. The van der Waals surface area contributed by atoms with Crippen LogP contribution in [0.5, 0.6) is 0 Å². The lowest BCUT2D eigenvalue weighted by molar-refractivity contribution is -0.115. The molecular formula is C16H16N4O3. The van der Waals surface area contributed by atoms with Crippen molar-refractivity contribution >= 4 is 16.8 Å². The lowest BCUT2D eigenvalue weighted by Crippen LogP contribution is -2.33. The standard InChI is InChI=1S/C16H16N4O3/c1-9-6-4-5-7-13(9)20-16(23)15-10(2)19(17-11(3)21)14(22)8-12(15)18-20/h4-8,18H,1-3H3,(H,17,21). The number of fused-ring (bicyclic) bond motifs is 1. The summed E-state index contributed by atoms with van der Waals surface area (Å²) in [6.45, 7) is 4.83. The van der Waals surface area contributed by atoms with Gasteiger partial charge in [-0.25, -0.2) is 9.36 Å². The van der Waals surface area contributed by atoms with Gasteiger partial charge in [-0.15, -0.1) is 0 Å². The van der Waals surface area contributed by atoms with Crippen LogP contribution in [0, 0.1) is 13.8 Å². The third kappa shape index (κ3) is 2.36. The topological polar surface area (TPSA) is 88.9 Å². The Balaban J connectivity index is 2.34. The molecule has 7 nitrogen and oxygen atoms in total. The van der Waals surface area contributed by atoms with Crippen LogP contribution < -0.4 is 16.5 Å². The maximum atomic E-state index is 12.8. The van der Waals surface area contributed by atoms with Gasteiger partial charge in [0.05, 0.1) is 22.3 Å². The average Bonchev–Trinajstić information content (AvgIpc) is 2.80. The highest BCUT2D eigenvalue weighted by Gasteiger charge is 2.16. The van der Waals surface area contributed by atoms with Gasteiger partial charge in [0, 0.05) is 13.0 Å². The zero-order valence-corrected chi connectivity index (χ0v) is 13.0. The van der Waals surface area contributed by atoms with Crippen LogP contribution in [-0.2, 0) is 4.79 Å². The van der Waals surface area contributed by atoms with E-state index in [1.165, 1.54) is 17.7 Å². The summed E-state index contributed by atoms with van der Waals surface area (Å²) >= 11 is 0. The number of hydrogen-bond acceptors (Lipinski definition) is 3. The summed E-state index contributed by atoms with van der Waals surface area (Å²) in [7, 11) is 0. The van der Waals surface area contributed by atoms with Gasteiger partial charge in [0.2, 0.25) is 5.91 Å². The second kappa shape index (κ2) is 5.28. The Hall–Kier alpha value is -3.09. The van der Waals surface area contributed by atoms with Gasteiger partial charge in [-0.1, -0.05) is 18.2 Å². The highest BCUT2D eigenvalue weighted by atomic mass is 16.2. The number of carbonyl (C=O) groups is 1. The first-order valence-corrected chi connectivity index (χ1v) is 7.11. The van der Waals surface area contributed by atoms with E-state index in [4.69, 9.17) is 0 Å². The number of nitrogens with one attached hydrogen (secondary N) is 2. The molecule has 118 valence electrons. The maximum Gasteiger partial charge on any atom is 0.280 e. The molecule has 0 radical (unpaired) electrons. The molecule has 2 N–H and O–H groups in total. The second-order valence-electron chi connectivity index (χ2n) is 5.40. The maximum absolute atomic E-state index is 12.8. The molecule has 0 aliphatic carbocycles. The van der Waals surface area contributed by atoms with Crippen molar-refractivity contribution in [3.8, 4) is 5.69 Å². The van der Waals surface area contributed by atoms with Crippen molar-refractivity contribution in [3.63, 3.8) is 0 Å². The molecule has 0 unspecified atom stereocenters. The fraction of sp³-hybridized carbons (Fsp3) is 0.188. The Bertz CT molecular complexity index is 1040. The number of benzene rings is 1. The number of para-hydroxylation sites is 1. The lowest BCUT2D eigenvalue weighted by Gasteiger charge is -2.09. The third-order valence-corrected chi connectivity index (χ3v) is 3.73. The van der Waals surface area contributed by atoms with Crippen molar-refractivity contribution in [2.24, 2.45) is 0 Å². The SMILES string of the molecule is CC(=O)Nn1c(C)c2c(=O)n(-c3ccccc3C)[nH]c2cc1=O. The molecule has 3 rings (SSSR count). The molecular weight excluding hydrogens is 296 g/mol. The summed E-state index contributed by atoms with van der Waals surface area (Å²) in [4.78, 5) is 36.1. The van der Waals surface area contributed by atoms with Crippen LogP contribution in [0.2, 0.25) is 0 Å². The minimum atomic E-state index is -0.414. The minimum absolute atomic E-state index is 0.272. The van der Waals surface area contributed by atoms with Gasteiger partial charge in [0.25, 0.3) is 11.1 Å². The number of aromatic nitrogens is 3. The van der Waals surface area contributed by atoms with Crippen LogP contribution in [0.25, 0.3) is 16.6 Å². The number of pyridine rings is 1. The minimum Gasteiger partial charge on any atom is -0.290 e. The van der Waals surface area contributed by atoms with Crippen molar-refractivity contribution in [1.82, 2.24) is 14.5 Å². The molecule has 0 spiro atoms. The molecule has 0 saturated heterocycles. The van der Waals surface area contributed by atoms with Gasteiger partial charge < -0.3 is 0 Å². The van der Waals surface area contributed by atoms with E-state index in [0.717, 1.165) is 10.2 Å². The summed E-state index contributed by atoms with van der Waals surface area (Å²) in [5.74, 6) is -0.385. The van der Waals surface area contributed by atoms with Crippen LogP contribution in [0.3, 0.4) is 0 Å². The molecule has 0 atom stereocenters. The van der Waals surface area contributed by atoms with Gasteiger partial charge in [0.15, 0.2) is 0 Å². The average molecular weight is 312 g/mol. The molecule has 0 aliphatic rings. The number of aryl methyl sites for hydroxylation is 2. The third-order valence-electron chi connectivity index (χ3n) is 3.73. The van der Waals surface area contributed by atoms with E-state index >= 15 is 0 Å². The van der Waals surface area contributed by atoms with Gasteiger partial charge in [-0.3, -0.25) is 24.9 Å². The van der Waals surface area contributed by atoms with Crippen LogP contribution in [0.15, 0.2) is 39.9 Å². The molecule has 0 aliphatic heterocycles. The Morgan fingerprint density at radius 2 is 1.87 bits per heavy atom. The lowest BCUT2D eigenvalue weighted by atomic mass is 10.2. The Morgan fingerprint density at radius 1 is 1.17 bits per heavy atom.